The van der Waals surface area contributed by atoms with E-state index in [1.54, 1.807) is 0 Å². The highest BCUT2D eigenvalue weighted by Gasteiger charge is 2.34. The van der Waals surface area contributed by atoms with E-state index in [0.717, 1.165) is 32.1 Å². The highest BCUT2D eigenvalue weighted by atomic mass is 35.5. The van der Waals surface area contributed by atoms with E-state index in [1.807, 2.05) is 13.8 Å². The summed E-state index contributed by atoms with van der Waals surface area (Å²) < 4.78 is 8.59. The molecule has 22 heavy (non-hydrogen) atoms. The van der Waals surface area contributed by atoms with Crippen molar-refractivity contribution >= 4 is 35.1 Å². The number of carbonyl (C=O) groups excluding carboxylic acids is 2. The molecule has 0 saturated carbocycles. The van der Waals surface area contributed by atoms with E-state index in [-0.39, 0.29) is 5.97 Å². The standard InChI is InChI=1S/C16H28Cl2O4/c1-3-5-12-21-14(19)10-8-7-9-11-16(17,18)15(20)22-13-6-4-2/h3-13H2,1-2H3. The molecule has 0 N–H and O–H groups in total. The van der Waals surface area contributed by atoms with Crippen LogP contribution in [0.3, 0.4) is 0 Å². The number of esters is 2. The zero-order valence-corrected chi connectivity index (χ0v) is 15.2. The van der Waals surface area contributed by atoms with Crippen LogP contribution in [0.25, 0.3) is 0 Å². The Morgan fingerprint density at radius 3 is 2.05 bits per heavy atom. The molecule has 6 heteroatoms. The van der Waals surface area contributed by atoms with Crippen molar-refractivity contribution in [1.82, 2.24) is 0 Å². The number of carbonyl (C=O) groups is 2. The first-order chi connectivity index (χ1) is 10.4. The van der Waals surface area contributed by atoms with Gasteiger partial charge in [0.05, 0.1) is 13.2 Å². The van der Waals surface area contributed by atoms with E-state index >= 15 is 0 Å². The summed E-state index contributed by atoms with van der Waals surface area (Å²) in [6.45, 7) is 4.90. The Morgan fingerprint density at radius 2 is 1.45 bits per heavy atom. The topological polar surface area (TPSA) is 52.6 Å². The number of halogens is 2. The van der Waals surface area contributed by atoms with E-state index < -0.39 is 10.3 Å². The number of unbranched alkanes of at least 4 members (excludes halogenated alkanes) is 4. The number of alkyl halides is 2. The van der Waals surface area contributed by atoms with Gasteiger partial charge in [0, 0.05) is 6.42 Å². The lowest BCUT2D eigenvalue weighted by Crippen LogP contribution is -2.28. The average Bonchev–Trinajstić information content (AvgIpc) is 2.47. The van der Waals surface area contributed by atoms with Crippen LogP contribution in [0.4, 0.5) is 0 Å². The van der Waals surface area contributed by atoms with Gasteiger partial charge < -0.3 is 9.47 Å². The maximum absolute atomic E-state index is 11.7. The molecule has 130 valence electrons. The monoisotopic (exact) mass is 354 g/mol. The Kier molecular flexibility index (Phi) is 12.7. The van der Waals surface area contributed by atoms with Gasteiger partial charge in [0.15, 0.2) is 0 Å². The number of hydrogen-bond donors (Lipinski definition) is 0. The second kappa shape index (κ2) is 13.0. The van der Waals surface area contributed by atoms with E-state index in [2.05, 4.69) is 0 Å². The number of hydrogen-bond acceptors (Lipinski definition) is 4. The molecule has 0 aliphatic carbocycles. The average molecular weight is 355 g/mol. The molecule has 0 saturated heterocycles. The van der Waals surface area contributed by atoms with Crippen molar-refractivity contribution in [1.29, 1.82) is 0 Å². The lowest BCUT2D eigenvalue weighted by Gasteiger charge is -2.17. The highest BCUT2D eigenvalue weighted by molar-refractivity contribution is 6.57. The van der Waals surface area contributed by atoms with Gasteiger partial charge in [-0.3, -0.25) is 4.79 Å². The van der Waals surface area contributed by atoms with Gasteiger partial charge in [0.1, 0.15) is 0 Å². The zero-order valence-electron chi connectivity index (χ0n) is 13.7. The van der Waals surface area contributed by atoms with E-state index in [1.165, 1.54) is 0 Å². The van der Waals surface area contributed by atoms with E-state index in [0.29, 0.717) is 38.9 Å². The quantitative estimate of drug-likeness (QED) is 0.271. The van der Waals surface area contributed by atoms with Crippen molar-refractivity contribution in [2.24, 2.45) is 0 Å². The number of rotatable bonds is 13. The molecule has 0 aromatic heterocycles. The molecule has 0 aromatic rings. The summed E-state index contributed by atoms with van der Waals surface area (Å²) in [4.78, 5) is 23.1. The SMILES string of the molecule is CCCCOC(=O)CCCCCC(Cl)(Cl)C(=O)OCCCC. The van der Waals surface area contributed by atoms with Crippen LogP contribution in [0.5, 0.6) is 0 Å². The van der Waals surface area contributed by atoms with Gasteiger partial charge in [-0.2, -0.15) is 0 Å². The second-order valence-corrected chi connectivity index (χ2v) is 6.81. The molecule has 0 amide bonds. The van der Waals surface area contributed by atoms with Gasteiger partial charge in [-0.1, -0.05) is 56.3 Å². The molecule has 0 unspecified atom stereocenters. The first-order valence-corrected chi connectivity index (χ1v) is 8.90. The number of ether oxygens (including phenoxy) is 2. The van der Waals surface area contributed by atoms with Gasteiger partial charge in [-0.25, -0.2) is 4.79 Å². The molecular weight excluding hydrogens is 327 g/mol. The minimum Gasteiger partial charge on any atom is -0.466 e. The third-order valence-corrected chi connectivity index (χ3v) is 3.85. The van der Waals surface area contributed by atoms with E-state index in [9.17, 15) is 9.59 Å². The molecule has 0 aliphatic rings. The van der Waals surface area contributed by atoms with Gasteiger partial charge in [-0.15, -0.1) is 0 Å². The largest absolute Gasteiger partial charge is 0.466 e. The summed E-state index contributed by atoms with van der Waals surface area (Å²) in [6, 6.07) is 0. The van der Waals surface area contributed by atoms with Crippen molar-refractivity contribution in [2.45, 2.75) is 76.0 Å². The predicted molar refractivity (Wildman–Crippen MR) is 89.3 cm³/mol. The summed E-state index contributed by atoms with van der Waals surface area (Å²) >= 11 is 12.0. The maximum Gasteiger partial charge on any atom is 0.342 e. The fourth-order valence-electron chi connectivity index (χ4n) is 1.71. The molecule has 0 rings (SSSR count). The summed E-state index contributed by atoms with van der Waals surface area (Å²) in [5.41, 5.74) is 0. The van der Waals surface area contributed by atoms with Crippen LogP contribution in [0, 0.1) is 0 Å². The minimum atomic E-state index is -1.49. The second-order valence-electron chi connectivity index (χ2n) is 5.33. The Morgan fingerprint density at radius 1 is 0.864 bits per heavy atom. The first-order valence-electron chi connectivity index (χ1n) is 8.14. The zero-order chi connectivity index (χ0) is 16.8. The van der Waals surface area contributed by atoms with E-state index in [4.69, 9.17) is 32.7 Å². The fraction of sp³-hybridized carbons (Fsp3) is 0.875. The van der Waals surface area contributed by atoms with Crippen LogP contribution in [-0.2, 0) is 19.1 Å². The van der Waals surface area contributed by atoms with Gasteiger partial charge in [0.25, 0.3) is 0 Å². The van der Waals surface area contributed by atoms with Crippen molar-refractivity contribution < 1.29 is 19.1 Å². The third-order valence-electron chi connectivity index (χ3n) is 3.16. The smallest absolute Gasteiger partial charge is 0.342 e. The van der Waals surface area contributed by atoms with Gasteiger partial charge in [-0.05, 0) is 32.1 Å². The Bertz CT molecular complexity index is 319. The molecule has 0 heterocycles. The van der Waals surface area contributed by atoms with Crippen molar-refractivity contribution in [2.75, 3.05) is 13.2 Å². The van der Waals surface area contributed by atoms with Crippen LogP contribution in [0.2, 0.25) is 0 Å². The molecule has 0 aliphatic heterocycles. The van der Waals surface area contributed by atoms with Crippen molar-refractivity contribution in [3.05, 3.63) is 0 Å². The van der Waals surface area contributed by atoms with Crippen molar-refractivity contribution in [3.63, 3.8) is 0 Å². The molecule has 0 atom stereocenters. The molecule has 0 aromatic carbocycles. The molecule has 0 fully saturated rings. The Hall–Kier alpha value is -0.480. The third kappa shape index (κ3) is 11.1. The van der Waals surface area contributed by atoms with Crippen molar-refractivity contribution in [3.8, 4) is 0 Å². The molecule has 0 spiro atoms. The van der Waals surface area contributed by atoms with Crippen LogP contribution < -0.4 is 0 Å². The lowest BCUT2D eigenvalue weighted by atomic mass is 10.1. The highest BCUT2D eigenvalue weighted by Crippen LogP contribution is 2.29. The Labute approximate surface area is 143 Å². The minimum absolute atomic E-state index is 0.171. The first kappa shape index (κ1) is 21.5. The normalized spacial score (nSPS) is 11.3. The fourth-order valence-corrected chi connectivity index (χ4v) is 2.09. The van der Waals surface area contributed by atoms with Gasteiger partial charge in [0.2, 0.25) is 4.33 Å². The van der Waals surface area contributed by atoms with Crippen LogP contribution in [-0.4, -0.2) is 29.5 Å². The predicted octanol–water partition coefficient (Wildman–Crippen LogP) is 4.80. The molecule has 0 bridgehead atoms. The molecule has 4 nitrogen and oxygen atoms in total. The summed E-state index contributed by atoms with van der Waals surface area (Å²) in [6.07, 6.45) is 6.51. The maximum atomic E-state index is 11.7. The Balaban J connectivity index is 3.71. The summed E-state index contributed by atoms with van der Waals surface area (Å²) in [5.74, 6) is -0.751. The lowest BCUT2D eigenvalue weighted by molar-refractivity contribution is -0.145. The summed E-state index contributed by atoms with van der Waals surface area (Å²) in [7, 11) is 0. The van der Waals surface area contributed by atoms with Crippen LogP contribution in [0.1, 0.15) is 71.6 Å². The summed E-state index contributed by atoms with van der Waals surface area (Å²) in [5, 5.41) is 0. The molecule has 0 radical (unpaired) electrons. The molecular formula is C16H28Cl2O4. The van der Waals surface area contributed by atoms with Crippen LogP contribution in [0.15, 0.2) is 0 Å². The van der Waals surface area contributed by atoms with Crippen LogP contribution >= 0.6 is 23.2 Å². The van der Waals surface area contributed by atoms with Gasteiger partial charge >= 0.3 is 11.9 Å².